The summed E-state index contributed by atoms with van der Waals surface area (Å²) in [5.41, 5.74) is -0.149. The van der Waals surface area contributed by atoms with Crippen LogP contribution in [0.2, 0.25) is 0 Å². The van der Waals surface area contributed by atoms with Crippen LogP contribution in [0, 0.1) is 11.6 Å². The van der Waals surface area contributed by atoms with Gasteiger partial charge in [-0.15, -0.1) is 0 Å². The number of hydrogen-bond acceptors (Lipinski definition) is 5. The Hall–Kier alpha value is -3.16. The summed E-state index contributed by atoms with van der Waals surface area (Å²) in [6.45, 7) is -0.657. The van der Waals surface area contributed by atoms with E-state index in [2.05, 4.69) is 5.32 Å². The molecule has 0 fully saturated rings. The number of halogens is 2. The molecule has 6 nitrogen and oxygen atoms in total. The zero-order chi connectivity index (χ0) is 18.4. The summed E-state index contributed by atoms with van der Waals surface area (Å²) in [6, 6.07) is 7.29. The monoisotopic (exact) mass is 351 g/mol. The molecule has 2 rings (SSSR count). The van der Waals surface area contributed by atoms with E-state index >= 15 is 0 Å². The molecule has 0 aliphatic carbocycles. The van der Waals surface area contributed by atoms with Gasteiger partial charge in [0, 0.05) is 6.07 Å². The molecule has 1 amide bonds. The summed E-state index contributed by atoms with van der Waals surface area (Å²) in [5, 5.41) is 2.18. The van der Waals surface area contributed by atoms with Crippen LogP contribution < -0.4 is 14.8 Å². The van der Waals surface area contributed by atoms with Gasteiger partial charge in [-0.2, -0.15) is 0 Å². The Balaban J connectivity index is 2.01. The number of methoxy groups -OCH3 is 2. The molecular formula is C17H15F2NO5. The summed E-state index contributed by atoms with van der Waals surface area (Å²) in [5.74, 6) is -2.80. The smallest absolute Gasteiger partial charge is 0.342 e. The van der Waals surface area contributed by atoms with Gasteiger partial charge in [-0.1, -0.05) is 6.07 Å². The molecule has 0 aromatic heterocycles. The zero-order valence-corrected chi connectivity index (χ0v) is 13.5. The molecular weight excluding hydrogens is 336 g/mol. The first-order valence-corrected chi connectivity index (χ1v) is 7.09. The third-order valence-electron chi connectivity index (χ3n) is 3.16. The second-order valence-corrected chi connectivity index (χ2v) is 4.79. The van der Waals surface area contributed by atoms with Gasteiger partial charge in [0.15, 0.2) is 18.1 Å². The lowest BCUT2D eigenvalue weighted by atomic mass is 10.2. The van der Waals surface area contributed by atoms with E-state index < -0.39 is 30.1 Å². The fraction of sp³-hybridized carbons (Fsp3) is 0.176. The number of anilines is 1. The second kappa shape index (κ2) is 8.09. The Morgan fingerprint density at radius 1 is 1.08 bits per heavy atom. The van der Waals surface area contributed by atoms with Crippen LogP contribution in [-0.4, -0.2) is 32.7 Å². The zero-order valence-electron chi connectivity index (χ0n) is 13.5. The average Bonchev–Trinajstić information content (AvgIpc) is 2.61. The number of ether oxygens (including phenoxy) is 3. The van der Waals surface area contributed by atoms with Crippen molar-refractivity contribution < 1.29 is 32.6 Å². The molecule has 0 heterocycles. The van der Waals surface area contributed by atoms with Crippen molar-refractivity contribution in [1.82, 2.24) is 0 Å². The fourth-order valence-corrected chi connectivity index (χ4v) is 2.03. The quantitative estimate of drug-likeness (QED) is 0.810. The van der Waals surface area contributed by atoms with E-state index in [9.17, 15) is 18.4 Å². The van der Waals surface area contributed by atoms with Gasteiger partial charge >= 0.3 is 5.97 Å². The van der Waals surface area contributed by atoms with Crippen molar-refractivity contribution in [2.45, 2.75) is 0 Å². The van der Waals surface area contributed by atoms with Crippen molar-refractivity contribution in [3.05, 3.63) is 53.6 Å². The first-order valence-electron chi connectivity index (χ1n) is 7.09. The highest BCUT2D eigenvalue weighted by Gasteiger charge is 2.19. The maximum Gasteiger partial charge on any atom is 0.342 e. The molecule has 0 radical (unpaired) electrons. The van der Waals surface area contributed by atoms with Crippen LogP contribution in [0.4, 0.5) is 14.5 Å². The standard InChI is InChI=1S/C17H15F2NO5/c1-23-14-5-3-4-11(16(14)24-2)17(22)25-9-15(21)20-13-7-6-10(18)8-12(13)19/h3-8H,9H2,1-2H3,(H,20,21). The molecule has 0 saturated carbocycles. The van der Waals surface area contributed by atoms with Crippen molar-refractivity contribution >= 4 is 17.6 Å². The maximum atomic E-state index is 13.5. The number of benzene rings is 2. The Bertz CT molecular complexity index is 795. The predicted molar refractivity (Wildman–Crippen MR) is 84.8 cm³/mol. The minimum atomic E-state index is -0.936. The van der Waals surface area contributed by atoms with E-state index in [1.165, 1.54) is 20.3 Å². The highest BCUT2D eigenvalue weighted by Crippen LogP contribution is 2.31. The van der Waals surface area contributed by atoms with Crippen LogP contribution in [-0.2, 0) is 9.53 Å². The Labute approximate surface area is 142 Å². The van der Waals surface area contributed by atoms with Crippen molar-refractivity contribution in [3.63, 3.8) is 0 Å². The number of hydrogen-bond donors (Lipinski definition) is 1. The minimum absolute atomic E-state index is 0.0719. The van der Waals surface area contributed by atoms with Gasteiger partial charge < -0.3 is 19.5 Å². The van der Waals surface area contributed by atoms with E-state index in [0.717, 1.165) is 12.1 Å². The number of esters is 1. The van der Waals surface area contributed by atoms with Crippen LogP contribution in [0.3, 0.4) is 0 Å². The van der Waals surface area contributed by atoms with Crippen LogP contribution >= 0.6 is 0 Å². The molecule has 2 aromatic rings. The fourth-order valence-electron chi connectivity index (χ4n) is 2.03. The second-order valence-electron chi connectivity index (χ2n) is 4.79. The van der Waals surface area contributed by atoms with E-state index in [4.69, 9.17) is 14.2 Å². The summed E-state index contributed by atoms with van der Waals surface area (Å²) in [4.78, 5) is 23.9. The highest BCUT2D eigenvalue weighted by atomic mass is 19.1. The van der Waals surface area contributed by atoms with Gasteiger partial charge in [-0.3, -0.25) is 4.79 Å². The van der Waals surface area contributed by atoms with E-state index in [-0.39, 0.29) is 17.0 Å². The molecule has 0 aliphatic heterocycles. The number of rotatable bonds is 6. The van der Waals surface area contributed by atoms with Gasteiger partial charge in [0.25, 0.3) is 5.91 Å². The summed E-state index contributed by atoms with van der Waals surface area (Å²) in [7, 11) is 2.77. The van der Waals surface area contributed by atoms with Crippen molar-refractivity contribution in [1.29, 1.82) is 0 Å². The third-order valence-corrected chi connectivity index (χ3v) is 3.16. The highest BCUT2D eigenvalue weighted by molar-refractivity contribution is 5.97. The first kappa shape index (κ1) is 18.2. The number of para-hydroxylation sites is 1. The summed E-state index contributed by atoms with van der Waals surface area (Å²) < 4.78 is 41.3. The molecule has 8 heteroatoms. The number of carbonyl (C=O) groups excluding carboxylic acids is 2. The molecule has 0 aliphatic rings. The number of carbonyl (C=O) groups is 2. The van der Waals surface area contributed by atoms with Crippen LogP contribution in [0.15, 0.2) is 36.4 Å². The van der Waals surface area contributed by atoms with Gasteiger partial charge in [0.1, 0.15) is 17.2 Å². The maximum absolute atomic E-state index is 13.5. The van der Waals surface area contributed by atoms with Crippen molar-refractivity contribution in [3.8, 4) is 11.5 Å². The Morgan fingerprint density at radius 2 is 1.84 bits per heavy atom. The topological polar surface area (TPSA) is 73.9 Å². The molecule has 0 spiro atoms. The van der Waals surface area contributed by atoms with E-state index in [1.54, 1.807) is 12.1 Å². The van der Waals surface area contributed by atoms with E-state index in [1.807, 2.05) is 0 Å². The van der Waals surface area contributed by atoms with Crippen LogP contribution in [0.5, 0.6) is 11.5 Å². The predicted octanol–water partition coefficient (Wildman–Crippen LogP) is 2.78. The molecule has 132 valence electrons. The Kier molecular flexibility index (Phi) is 5.89. The third kappa shape index (κ3) is 4.43. The lowest BCUT2D eigenvalue weighted by Crippen LogP contribution is -2.21. The summed E-state index contributed by atoms with van der Waals surface area (Å²) >= 11 is 0. The van der Waals surface area contributed by atoms with Gasteiger partial charge in [0.2, 0.25) is 0 Å². The summed E-state index contributed by atoms with van der Waals surface area (Å²) in [6.07, 6.45) is 0. The molecule has 1 N–H and O–H groups in total. The van der Waals surface area contributed by atoms with Gasteiger partial charge in [-0.05, 0) is 24.3 Å². The van der Waals surface area contributed by atoms with Crippen molar-refractivity contribution in [2.75, 3.05) is 26.1 Å². The lowest BCUT2D eigenvalue weighted by Gasteiger charge is -2.12. The molecule has 2 aromatic carbocycles. The van der Waals surface area contributed by atoms with Crippen LogP contribution in [0.1, 0.15) is 10.4 Å². The molecule has 0 bridgehead atoms. The minimum Gasteiger partial charge on any atom is -0.493 e. The molecule has 0 atom stereocenters. The van der Waals surface area contributed by atoms with E-state index in [0.29, 0.717) is 11.8 Å². The molecule has 25 heavy (non-hydrogen) atoms. The Morgan fingerprint density at radius 3 is 2.48 bits per heavy atom. The van der Waals surface area contributed by atoms with Crippen LogP contribution in [0.25, 0.3) is 0 Å². The van der Waals surface area contributed by atoms with Crippen molar-refractivity contribution in [2.24, 2.45) is 0 Å². The molecule has 0 unspecified atom stereocenters. The largest absolute Gasteiger partial charge is 0.493 e. The average molecular weight is 351 g/mol. The molecule has 0 saturated heterocycles. The number of nitrogens with one attached hydrogen (secondary N) is 1. The van der Waals surface area contributed by atoms with Gasteiger partial charge in [0.05, 0.1) is 19.9 Å². The lowest BCUT2D eigenvalue weighted by molar-refractivity contribution is -0.119. The number of amides is 1. The van der Waals surface area contributed by atoms with Gasteiger partial charge in [-0.25, -0.2) is 13.6 Å². The normalized spacial score (nSPS) is 10.1. The first-order chi connectivity index (χ1) is 12.0. The SMILES string of the molecule is COc1cccc(C(=O)OCC(=O)Nc2ccc(F)cc2F)c1OC.